The third-order valence-electron chi connectivity index (χ3n) is 4.74. The van der Waals surface area contributed by atoms with Crippen molar-refractivity contribution in [3.63, 3.8) is 0 Å². The highest BCUT2D eigenvalue weighted by molar-refractivity contribution is 5.78. The van der Waals surface area contributed by atoms with Crippen LogP contribution < -0.4 is 0 Å². The van der Waals surface area contributed by atoms with E-state index in [1.54, 1.807) is 5.06 Å². The van der Waals surface area contributed by atoms with Crippen LogP contribution in [0.4, 0.5) is 0 Å². The maximum Gasteiger partial charge on any atom is 0.320 e. The lowest BCUT2D eigenvalue weighted by Crippen LogP contribution is -2.38. The Morgan fingerprint density at radius 1 is 1.12 bits per heavy atom. The SMILES string of the molecule is CCC(C)N(CC(=O)O)OCC1c2ccccc2-c2ccccc21. The van der Waals surface area contributed by atoms with Gasteiger partial charge in [-0.2, -0.15) is 5.06 Å². The number of hydrogen-bond acceptors (Lipinski definition) is 3. The molecule has 4 nitrogen and oxygen atoms in total. The van der Waals surface area contributed by atoms with Crippen LogP contribution in [0, 0.1) is 0 Å². The van der Waals surface area contributed by atoms with E-state index in [-0.39, 0.29) is 18.5 Å². The first-order valence-corrected chi connectivity index (χ1v) is 8.41. The van der Waals surface area contributed by atoms with Crippen LogP contribution in [0.2, 0.25) is 0 Å². The molecular formula is C20H23NO3. The number of benzene rings is 2. The van der Waals surface area contributed by atoms with Crippen molar-refractivity contribution in [2.75, 3.05) is 13.2 Å². The van der Waals surface area contributed by atoms with E-state index in [9.17, 15) is 4.79 Å². The molecule has 126 valence electrons. The third kappa shape index (κ3) is 3.21. The lowest BCUT2D eigenvalue weighted by molar-refractivity contribution is -0.194. The molecule has 0 aliphatic heterocycles. The Labute approximate surface area is 142 Å². The molecule has 1 aliphatic carbocycles. The molecule has 0 saturated carbocycles. The van der Waals surface area contributed by atoms with Crippen molar-refractivity contribution in [3.8, 4) is 11.1 Å². The van der Waals surface area contributed by atoms with Crippen LogP contribution in [0.15, 0.2) is 48.5 Å². The van der Waals surface area contributed by atoms with Gasteiger partial charge < -0.3 is 5.11 Å². The minimum atomic E-state index is -0.873. The number of rotatable bonds is 7. The largest absolute Gasteiger partial charge is 0.480 e. The van der Waals surface area contributed by atoms with Crippen LogP contribution in [0.25, 0.3) is 11.1 Å². The van der Waals surface area contributed by atoms with Crippen LogP contribution in [0.1, 0.15) is 37.3 Å². The lowest BCUT2D eigenvalue weighted by atomic mass is 9.98. The first kappa shape index (κ1) is 16.7. The van der Waals surface area contributed by atoms with E-state index in [1.807, 2.05) is 26.0 Å². The maximum absolute atomic E-state index is 11.1. The molecule has 0 fully saturated rings. The maximum atomic E-state index is 11.1. The summed E-state index contributed by atoms with van der Waals surface area (Å²) in [5, 5.41) is 10.7. The quantitative estimate of drug-likeness (QED) is 0.784. The number of hydrogen-bond donors (Lipinski definition) is 1. The average Bonchev–Trinajstić information content (AvgIpc) is 2.92. The Morgan fingerprint density at radius 3 is 2.17 bits per heavy atom. The van der Waals surface area contributed by atoms with Gasteiger partial charge in [-0.15, -0.1) is 0 Å². The summed E-state index contributed by atoms with van der Waals surface area (Å²) in [4.78, 5) is 17.1. The van der Waals surface area contributed by atoms with Crippen molar-refractivity contribution < 1.29 is 14.7 Å². The van der Waals surface area contributed by atoms with E-state index in [2.05, 4.69) is 36.4 Å². The molecule has 0 spiro atoms. The van der Waals surface area contributed by atoms with E-state index < -0.39 is 5.97 Å². The molecular weight excluding hydrogens is 302 g/mol. The zero-order valence-electron chi connectivity index (χ0n) is 14.1. The predicted molar refractivity (Wildman–Crippen MR) is 93.8 cm³/mol. The van der Waals surface area contributed by atoms with Crippen LogP contribution in [-0.4, -0.2) is 35.3 Å². The standard InChI is InChI=1S/C20H23NO3/c1-3-14(2)21(12-20(22)23)24-13-19-17-10-6-4-8-15(17)16-9-5-7-11-18(16)19/h4-11,14,19H,3,12-13H2,1-2H3,(H,22,23). The number of carboxylic acid groups (broad SMARTS) is 1. The predicted octanol–water partition coefficient (Wildman–Crippen LogP) is 3.92. The topological polar surface area (TPSA) is 49.8 Å². The van der Waals surface area contributed by atoms with E-state index in [1.165, 1.54) is 22.3 Å². The van der Waals surface area contributed by atoms with Gasteiger partial charge in [-0.25, -0.2) is 0 Å². The Hall–Kier alpha value is -2.17. The Balaban J connectivity index is 1.83. The summed E-state index contributed by atoms with van der Waals surface area (Å²) in [5.74, 6) is -0.736. The van der Waals surface area contributed by atoms with Gasteiger partial charge in [0.2, 0.25) is 0 Å². The van der Waals surface area contributed by atoms with Gasteiger partial charge in [0.25, 0.3) is 0 Å². The van der Waals surface area contributed by atoms with Gasteiger partial charge in [-0.1, -0.05) is 55.5 Å². The number of carbonyl (C=O) groups is 1. The molecule has 24 heavy (non-hydrogen) atoms. The zero-order valence-corrected chi connectivity index (χ0v) is 14.1. The molecule has 1 unspecified atom stereocenters. The third-order valence-corrected chi connectivity index (χ3v) is 4.74. The Bertz CT molecular complexity index is 683. The van der Waals surface area contributed by atoms with E-state index in [4.69, 9.17) is 9.94 Å². The van der Waals surface area contributed by atoms with Crippen LogP contribution in [0.3, 0.4) is 0 Å². The monoisotopic (exact) mass is 325 g/mol. The highest BCUT2D eigenvalue weighted by Crippen LogP contribution is 2.44. The molecule has 0 amide bonds. The first-order chi connectivity index (χ1) is 11.6. The number of hydroxylamine groups is 2. The van der Waals surface area contributed by atoms with Gasteiger partial charge in [0, 0.05) is 12.0 Å². The van der Waals surface area contributed by atoms with Crippen LogP contribution >= 0.6 is 0 Å². The second-order valence-corrected chi connectivity index (χ2v) is 6.25. The number of carboxylic acids is 1. The van der Waals surface area contributed by atoms with Crippen LogP contribution in [-0.2, 0) is 9.63 Å². The smallest absolute Gasteiger partial charge is 0.320 e. The van der Waals surface area contributed by atoms with E-state index in [0.29, 0.717) is 6.61 Å². The van der Waals surface area contributed by atoms with Crippen LogP contribution in [0.5, 0.6) is 0 Å². The average molecular weight is 325 g/mol. The molecule has 0 aromatic heterocycles. The molecule has 0 saturated heterocycles. The lowest BCUT2D eigenvalue weighted by Gasteiger charge is -2.27. The second-order valence-electron chi connectivity index (χ2n) is 6.25. The number of aliphatic carboxylic acids is 1. The Kier molecular flexibility index (Phi) is 4.97. The molecule has 1 aliphatic rings. The fourth-order valence-corrected chi connectivity index (χ4v) is 3.28. The molecule has 0 heterocycles. The minimum Gasteiger partial charge on any atom is -0.480 e. The van der Waals surface area contributed by atoms with Crippen molar-refractivity contribution in [1.29, 1.82) is 0 Å². The first-order valence-electron chi connectivity index (χ1n) is 8.41. The molecule has 1 N–H and O–H groups in total. The zero-order chi connectivity index (χ0) is 17.1. The molecule has 0 radical (unpaired) electrons. The van der Waals surface area contributed by atoms with E-state index >= 15 is 0 Å². The molecule has 4 heteroatoms. The highest BCUT2D eigenvalue weighted by atomic mass is 16.7. The number of fused-ring (bicyclic) bond motifs is 3. The molecule has 3 rings (SSSR count). The second kappa shape index (κ2) is 7.16. The fourth-order valence-electron chi connectivity index (χ4n) is 3.28. The summed E-state index contributed by atoms with van der Waals surface area (Å²) >= 11 is 0. The van der Waals surface area contributed by atoms with Gasteiger partial charge in [0.05, 0.1) is 6.61 Å². The summed E-state index contributed by atoms with van der Waals surface area (Å²) in [6.07, 6.45) is 0.838. The van der Waals surface area contributed by atoms with Gasteiger partial charge in [0.1, 0.15) is 6.54 Å². The summed E-state index contributed by atoms with van der Waals surface area (Å²) in [5.41, 5.74) is 4.99. The molecule has 2 aromatic carbocycles. The summed E-state index contributed by atoms with van der Waals surface area (Å²) in [6, 6.07) is 16.8. The van der Waals surface area contributed by atoms with Crippen molar-refractivity contribution in [3.05, 3.63) is 59.7 Å². The van der Waals surface area contributed by atoms with Gasteiger partial charge in [0.15, 0.2) is 0 Å². The van der Waals surface area contributed by atoms with Crippen molar-refractivity contribution in [1.82, 2.24) is 5.06 Å². The van der Waals surface area contributed by atoms with Gasteiger partial charge in [-0.05, 0) is 35.6 Å². The fraction of sp³-hybridized carbons (Fsp3) is 0.350. The minimum absolute atomic E-state index is 0.0630. The summed E-state index contributed by atoms with van der Waals surface area (Å²) in [7, 11) is 0. The molecule has 1 atom stereocenters. The molecule has 2 aromatic rings. The highest BCUT2D eigenvalue weighted by Gasteiger charge is 2.29. The van der Waals surface area contributed by atoms with Crippen molar-refractivity contribution in [2.45, 2.75) is 32.2 Å². The number of nitrogens with zero attached hydrogens (tertiary/aromatic N) is 1. The van der Waals surface area contributed by atoms with Crippen molar-refractivity contribution >= 4 is 5.97 Å². The van der Waals surface area contributed by atoms with Crippen molar-refractivity contribution in [2.24, 2.45) is 0 Å². The van der Waals surface area contributed by atoms with Gasteiger partial charge in [-0.3, -0.25) is 9.63 Å². The van der Waals surface area contributed by atoms with E-state index in [0.717, 1.165) is 6.42 Å². The van der Waals surface area contributed by atoms with Gasteiger partial charge >= 0.3 is 5.97 Å². The summed E-state index contributed by atoms with van der Waals surface area (Å²) in [6.45, 7) is 4.36. The summed E-state index contributed by atoms with van der Waals surface area (Å²) < 4.78 is 0. The Morgan fingerprint density at radius 2 is 1.67 bits per heavy atom. The molecule has 0 bridgehead atoms. The normalized spacial score (nSPS) is 14.5.